The zero-order valence-electron chi connectivity index (χ0n) is 9.61. The number of hydrogen-bond donors (Lipinski definition) is 1. The second kappa shape index (κ2) is 4.21. The van der Waals surface area contributed by atoms with E-state index in [0.29, 0.717) is 15.3 Å². The van der Waals surface area contributed by atoms with Gasteiger partial charge < -0.3 is 5.11 Å². The summed E-state index contributed by atoms with van der Waals surface area (Å²) in [5.41, 5.74) is 0.732. The van der Waals surface area contributed by atoms with E-state index in [2.05, 4.69) is 4.98 Å². The third-order valence-corrected chi connectivity index (χ3v) is 4.77. The van der Waals surface area contributed by atoms with Crippen molar-refractivity contribution >= 4 is 42.7 Å². The number of carboxylic acid groups (broad SMARTS) is 1. The van der Waals surface area contributed by atoms with Gasteiger partial charge in [-0.05, 0) is 18.2 Å². The third-order valence-electron chi connectivity index (χ3n) is 2.39. The molecule has 1 aromatic heterocycles. The van der Waals surface area contributed by atoms with Gasteiger partial charge in [0.25, 0.3) is 0 Å². The van der Waals surface area contributed by atoms with Gasteiger partial charge in [-0.2, -0.15) is 0 Å². The van der Waals surface area contributed by atoms with Gasteiger partial charge in [-0.25, -0.2) is 22.5 Å². The van der Waals surface area contributed by atoms with Crippen LogP contribution in [-0.2, 0) is 10.0 Å². The molecule has 0 saturated carbocycles. The van der Waals surface area contributed by atoms with Gasteiger partial charge in [0.2, 0.25) is 10.0 Å². The summed E-state index contributed by atoms with van der Waals surface area (Å²) in [6, 6.07) is 4.48. The number of fused-ring (bicyclic) bond motifs is 1. The number of anilines is 1. The Bertz CT molecular complexity index is 721. The lowest BCUT2D eigenvalue weighted by Gasteiger charge is -2.11. The van der Waals surface area contributed by atoms with E-state index in [1.54, 1.807) is 6.07 Å². The number of carboxylic acids is 1. The van der Waals surface area contributed by atoms with E-state index in [4.69, 9.17) is 5.11 Å². The van der Waals surface area contributed by atoms with Gasteiger partial charge in [0.05, 0.1) is 22.0 Å². The number of aromatic nitrogens is 1. The second-order valence-electron chi connectivity index (χ2n) is 3.71. The van der Waals surface area contributed by atoms with E-state index >= 15 is 0 Å². The number of aromatic carboxylic acids is 1. The van der Waals surface area contributed by atoms with Crippen molar-refractivity contribution in [3.8, 4) is 0 Å². The summed E-state index contributed by atoms with van der Waals surface area (Å²) < 4.78 is 24.5. The minimum Gasteiger partial charge on any atom is -0.478 e. The van der Waals surface area contributed by atoms with Crippen molar-refractivity contribution < 1.29 is 18.3 Å². The second-order valence-corrected chi connectivity index (χ2v) is 6.74. The molecule has 8 heteroatoms. The molecule has 0 radical (unpaired) electrons. The van der Waals surface area contributed by atoms with Crippen LogP contribution in [0.5, 0.6) is 0 Å². The monoisotopic (exact) mass is 286 g/mol. The first-order valence-corrected chi connectivity index (χ1v) is 7.53. The molecule has 0 aliphatic carbocycles. The van der Waals surface area contributed by atoms with Gasteiger partial charge in [-0.15, -0.1) is 0 Å². The molecule has 1 aromatic carbocycles. The summed E-state index contributed by atoms with van der Waals surface area (Å²) in [6.45, 7) is 0. The highest BCUT2D eigenvalue weighted by Gasteiger charge is 2.17. The van der Waals surface area contributed by atoms with Crippen LogP contribution in [0.1, 0.15) is 10.4 Å². The Balaban J connectivity index is 2.54. The Morgan fingerprint density at radius 1 is 1.44 bits per heavy atom. The number of sulfonamides is 1. The first-order chi connectivity index (χ1) is 8.29. The molecule has 0 saturated heterocycles. The van der Waals surface area contributed by atoms with E-state index in [9.17, 15) is 13.2 Å². The minimum atomic E-state index is -3.37. The quantitative estimate of drug-likeness (QED) is 0.921. The van der Waals surface area contributed by atoms with Crippen LogP contribution in [-0.4, -0.2) is 37.8 Å². The molecular formula is C10H10N2O4S2. The highest BCUT2D eigenvalue weighted by atomic mass is 32.2. The molecule has 1 heterocycles. The maximum absolute atomic E-state index is 11.4. The average molecular weight is 286 g/mol. The fourth-order valence-electron chi connectivity index (χ4n) is 1.32. The maximum atomic E-state index is 11.4. The molecule has 0 bridgehead atoms. The van der Waals surface area contributed by atoms with Gasteiger partial charge in [0.15, 0.2) is 5.13 Å². The van der Waals surface area contributed by atoms with Crippen LogP contribution >= 0.6 is 11.3 Å². The third kappa shape index (κ3) is 2.29. The highest BCUT2D eigenvalue weighted by Crippen LogP contribution is 2.29. The Morgan fingerprint density at radius 2 is 2.11 bits per heavy atom. The van der Waals surface area contributed by atoms with Crippen LogP contribution in [0.25, 0.3) is 10.2 Å². The van der Waals surface area contributed by atoms with E-state index in [0.717, 1.165) is 21.9 Å². The Kier molecular flexibility index (Phi) is 2.99. The fourth-order valence-corrected chi connectivity index (χ4v) is 3.04. The van der Waals surface area contributed by atoms with Crippen molar-refractivity contribution in [2.75, 3.05) is 17.6 Å². The normalized spacial score (nSPS) is 11.7. The number of thiazole rings is 1. The lowest BCUT2D eigenvalue weighted by molar-refractivity contribution is 0.0697. The molecule has 6 nitrogen and oxygen atoms in total. The van der Waals surface area contributed by atoms with Gasteiger partial charge in [-0.3, -0.25) is 0 Å². The highest BCUT2D eigenvalue weighted by molar-refractivity contribution is 7.92. The van der Waals surface area contributed by atoms with Crippen molar-refractivity contribution in [2.24, 2.45) is 0 Å². The van der Waals surface area contributed by atoms with Crippen molar-refractivity contribution in [2.45, 2.75) is 0 Å². The largest absolute Gasteiger partial charge is 0.478 e. The SMILES string of the molecule is CN(c1nc2ccc(C(=O)O)cc2s1)S(C)(=O)=O. The van der Waals surface area contributed by atoms with Crippen molar-refractivity contribution in [1.82, 2.24) is 4.98 Å². The van der Waals surface area contributed by atoms with Crippen LogP contribution < -0.4 is 4.31 Å². The molecule has 1 N–H and O–H groups in total. The summed E-state index contributed by atoms with van der Waals surface area (Å²) in [5, 5.41) is 9.18. The number of benzene rings is 1. The van der Waals surface area contributed by atoms with E-state index in [1.807, 2.05) is 0 Å². The van der Waals surface area contributed by atoms with Crippen LogP contribution in [0.4, 0.5) is 5.13 Å². The summed E-state index contributed by atoms with van der Waals surface area (Å²) in [7, 11) is -1.96. The van der Waals surface area contributed by atoms with Crippen LogP contribution in [0.3, 0.4) is 0 Å². The van der Waals surface area contributed by atoms with E-state index < -0.39 is 16.0 Å². The van der Waals surface area contributed by atoms with Crippen molar-refractivity contribution in [3.63, 3.8) is 0 Å². The van der Waals surface area contributed by atoms with Crippen LogP contribution in [0, 0.1) is 0 Å². The zero-order valence-corrected chi connectivity index (χ0v) is 11.2. The lowest BCUT2D eigenvalue weighted by Crippen LogP contribution is -2.24. The maximum Gasteiger partial charge on any atom is 0.335 e. The van der Waals surface area contributed by atoms with E-state index in [-0.39, 0.29) is 5.56 Å². The summed E-state index contributed by atoms with van der Waals surface area (Å²) >= 11 is 1.14. The predicted molar refractivity (Wildman–Crippen MR) is 69.8 cm³/mol. The lowest BCUT2D eigenvalue weighted by atomic mass is 10.2. The Morgan fingerprint density at radius 3 is 2.67 bits per heavy atom. The standard InChI is InChI=1S/C10H10N2O4S2/c1-12(18(2,15)16)10-11-7-4-3-6(9(13)14)5-8(7)17-10/h3-5H,1-2H3,(H,13,14). The summed E-state index contributed by atoms with van der Waals surface area (Å²) in [5.74, 6) is -1.02. The van der Waals surface area contributed by atoms with Crippen molar-refractivity contribution in [1.29, 1.82) is 0 Å². The minimum absolute atomic E-state index is 0.153. The zero-order chi connectivity index (χ0) is 13.5. The topological polar surface area (TPSA) is 87.6 Å². The molecule has 2 aromatic rings. The first kappa shape index (κ1) is 12.8. The van der Waals surface area contributed by atoms with Gasteiger partial charge in [0, 0.05) is 7.05 Å². The number of nitrogens with zero attached hydrogens (tertiary/aromatic N) is 2. The molecule has 0 atom stereocenters. The first-order valence-electron chi connectivity index (χ1n) is 4.87. The average Bonchev–Trinajstić information content (AvgIpc) is 2.68. The molecule has 0 unspecified atom stereocenters. The molecular weight excluding hydrogens is 276 g/mol. The Hall–Kier alpha value is -1.67. The molecule has 0 aliphatic rings. The molecule has 2 rings (SSSR count). The smallest absolute Gasteiger partial charge is 0.335 e. The van der Waals surface area contributed by atoms with Gasteiger partial charge >= 0.3 is 5.97 Å². The van der Waals surface area contributed by atoms with Gasteiger partial charge in [-0.1, -0.05) is 11.3 Å². The molecule has 0 aliphatic heterocycles. The van der Waals surface area contributed by atoms with E-state index in [1.165, 1.54) is 19.2 Å². The summed E-state index contributed by atoms with van der Waals surface area (Å²) in [4.78, 5) is 15.0. The van der Waals surface area contributed by atoms with Gasteiger partial charge in [0.1, 0.15) is 0 Å². The summed E-state index contributed by atoms with van der Waals surface area (Å²) in [6.07, 6.45) is 1.09. The molecule has 0 amide bonds. The molecule has 0 spiro atoms. The Labute approximate surface area is 108 Å². The van der Waals surface area contributed by atoms with Crippen LogP contribution in [0.15, 0.2) is 18.2 Å². The number of carbonyl (C=O) groups is 1. The van der Waals surface area contributed by atoms with Crippen molar-refractivity contribution in [3.05, 3.63) is 23.8 Å². The number of hydrogen-bond acceptors (Lipinski definition) is 5. The molecule has 96 valence electrons. The molecule has 18 heavy (non-hydrogen) atoms. The predicted octanol–water partition coefficient (Wildman–Crippen LogP) is 1.39. The number of rotatable bonds is 3. The fraction of sp³-hybridized carbons (Fsp3) is 0.200. The molecule has 0 fully saturated rings. The van der Waals surface area contributed by atoms with Crippen LogP contribution in [0.2, 0.25) is 0 Å².